The van der Waals surface area contributed by atoms with Crippen molar-refractivity contribution in [2.75, 3.05) is 7.11 Å². The quantitative estimate of drug-likeness (QED) is 0.874. The van der Waals surface area contributed by atoms with Gasteiger partial charge < -0.3 is 14.8 Å². The maximum Gasteiger partial charge on any atom is 0.261 e. The van der Waals surface area contributed by atoms with Gasteiger partial charge in [0, 0.05) is 5.56 Å². The van der Waals surface area contributed by atoms with Crippen molar-refractivity contribution in [2.45, 2.75) is 39.8 Å². The number of hydrogen-bond donors (Lipinski definition) is 1. The highest BCUT2D eigenvalue weighted by atomic mass is 16.5. The molecule has 1 amide bonds. The molecule has 128 valence electrons. The van der Waals surface area contributed by atoms with Crippen LogP contribution in [0.5, 0.6) is 11.5 Å². The zero-order chi connectivity index (χ0) is 17.7. The minimum atomic E-state index is -0.581. The van der Waals surface area contributed by atoms with Gasteiger partial charge in [-0.2, -0.15) is 0 Å². The topological polar surface area (TPSA) is 47.6 Å². The molecular weight excluding hydrogens is 302 g/mol. The Balaban J connectivity index is 2.04. The van der Waals surface area contributed by atoms with Gasteiger partial charge in [0.05, 0.1) is 13.2 Å². The average Bonchev–Trinajstić information content (AvgIpc) is 2.58. The Morgan fingerprint density at radius 2 is 1.67 bits per heavy atom. The van der Waals surface area contributed by atoms with Crippen molar-refractivity contribution >= 4 is 5.91 Å². The van der Waals surface area contributed by atoms with E-state index in [0.29, 0.717) is 0 Å². The Morgan fingerprint density at radius 3 is 2.38 bits per heavy atom. The summed E-state index contributed by atoms with van der Waals surface area (Å²) in [6.07, 6.45) is -0.581. The van der Waals surface area contributed by atoms with E-state index in [1.807, 2.05) is 63.2 Å². The van der Waals surface area contributed by atoms with Crippen molar-refractivity contribution in [3.8, 4) is 11.5 Å². The number of carbonyl (C=O) groups excluding carboxylic acids is 1. The zero-order valence-corrected chi connectivity index (χ0v) is 14.9. The van der Waals surface area contributed by atoms with E-state index in [-0.39, 0.29) is 11.9 Å². The standard InChI is InChI=1S/C20H25NO3/c1-13-9-8-12-18(14(13)2)24-16(4)20(22)21-15(3)17-10-6-7-11-19(17)23-5/h6-12,15-16H,1-5H3,(H,21,22)/t15-,16+/m1/s1. The highest BCUT2D eigenvalue weighted by molar-refractivity contribution is 5.81. The first-order chi connectivity index (χ1) is 11.4. The molecule has 0 spiro atoms. The van der Waals surface area contributed by atoms with Crippen molar-refractivity contribution in [3.05, 3.63) is 59.2 Å². The van der Waals surface area contributed by atoms with Crippen LogP contribution in [0.2, 0.25) is 0 Å². The number of carbonyl (C=O) groups is 1. The summed E-state index contributed by atoms with van der Waals surface area (Å²) in [5.41, 5.74) is 3.13. The zero-order valence-electron chi connectivity index (χ0n) is 14.9. The lowest BCUT2D eigenvalue weighted by molar-refractivity contribution is -0.127. The number of amides is 1. The van der Waals surface area contributed by atoms with E-state index in [1.165, 1.54) is 0 Å². The lowest BCUT2D eigenvalue weighted by Crippen LogP contribution is -2.38. The fourth-order valence-electron chi connectivity index (χ4n) is 2.53. The van der Waals surface area contributed by atoms with Gasteiger partial charge in [-0.3, -0.25) is 4.79 Å². The first-order valence-electron chi connectivity index (χ1n) is 8.10. The van der Waals surface area contributed by atoms with Gasteiger partial charge in [0.25, 0.3) is 5.91 Å². The molecule has 2 rings (SSSR count). The van der Waals surface area contributed by atoms with Crippen LogP contribution < -0.4 is 14.8 Å². The molecule has 0 fully saturated rings. The fraction of sp³-hybridized carbons (Fsp3) is 0.350. The molecule has 2 atom stereocenters. The summed E-state index contributed by atoms with van der Waals surface area (Å²) >= 11 is 0. The Kier molecular flexibility index (Phi) is 5.85. The second-order valence-electron chi connectivity index (χ2n) is 5.93. The minimum Gasteiger partial charge on any atom is -0.496 e. The SMILES string of the molecule is COc1ccccc1[C@@H](C)NC(=O)[C@H](C)Oc1cccc(C)c1C. The Hall–Kier alpha value is -2.49. The Bertz CT molecular complexity index is 712. The van der Waals surface area contributed by atoms with Crippen LogP contribution in [0.1, 0.15) is 36.6 Å². The normalized spacial score (nSPS) is 13.0. The average molecular weight is 327 g/mol. The summed E-state index contributed by atoms with van der Waals surface area (Å²) < 4.78 is 11.2. The first-order valence-corrected chi connectivity index (χ1v) is 8.10. The molecule has 0 radical (unpaired) electrons. The highest BCUT2D eigenvalue weighted by Gasteiger charge is 2.20. The molecule has 2 aromatic carbocycles. The number of aryl methyl sites for hydroxylation is 1. The lowest BCUT2D eigenvalue weighted by Gasteiger charge is -2.21. The van der Waals surface area contributed by atoms with Crippen LogP contribution >= 0.6 is 0 Å². The van der Waals surface area contributed by atoms with Crippen LogP contribution in [-0.2, 0) is 4.79 Å². The van der Waals surface area contributed by atoms with E-state index < -0.39 is 6.10 Å². The van der Waals surface area contributed by atoms with Gasteiger partial charge in [-0.1, -0.05) is 30.3 Å². The van der Waals surface area contributed by atoms with Crippen molar-refractivity contribution < 1.29 is 14.3 Å². The predicted octanol–water partition coefficient (Wildman–Crippen LogP) is 3.96. The Morgan fingerprint density at radius 1 is 1.00 bits per heavy atom. The largest absolute Gasteiger partial charge is 0.496 e. The van der Waals surface area contributed by atoms with Gasteiger partial charge in [-0.25, -0.2) is 0 Å². The van der Waals surface area contributed by atoms with E-state index in [9.17, 15) is 4.79 Å². The van der Waals surface area contributed by atoms with Crippen LogP contribution in [0.15, 0.2) is 42.5 Å². The molecule has 0 bridgehead atoms. The third-order valence-corrected chi connectivity index (χ3v) is 4.19. The first kappa shape index (κ1) is 17.9. The maximum atomic E-state index is 12.5. The van der Waals surface area contributed by atoms with Crippen LogP contribution in [0, 0.1) is 13.8 Å². The molecule has 24 heavy (non-hydrogen) atoms. The van der Waals surface area contributed by atoms with Gasteiger partial charge in [-0.05, 0) is 51.0 Å². The van der Waals surface area contributed by atoms with E-state index in [4.69, 9.17) is 9.47 Å². The highest BCUT2D eigenvalue weighted by Crippen LogP contribution is 2.25. The number of nitrogens with one attached hydrogen (secondary N) is 1. The van der Waals surface area contributed by atoms with Gasteiger partial charge in [0.1, 0.15) is 11.5 Å². The van der Waals surface area contributed by atoms with Gasteiger partial charge in [0.15, 0.2) is 6.10 Å². The van der Waals surface area contributed by atoms with Gasteiger partial charge >= 0.3 is 0 Å². The number of ether oxygens (including phenoxy) is 2. The smallest absolute Gasteiger partial charge is 0.261 e. The molecule has 0 aliphatic heterocycles. The molecule has 0 saturated carbocycles. The van der Waals surface area contributed by atoms with Crippen LogP contribution in [0.4, 0.5) is 0 Å². The molecule has 0 aliphatic rings. The molecule has 2 aromatic rings. The molecule has 0 saturated heterocycles. The second kappa shape index (κ2) is 7.86. The van der Waals surface area contributed by atoms with Crippen LogP contribution in [-0.4, -0.2) is 19.1 Å². The molecule has 4 nitrogen and oxygen atoms in total. The van der Waals surface area contributed by atoms with Gasteiger partial charge in [0.2, 0.25) is 0 Å². The summed E-state index contributed by atoms with van der Waals surface area (Å²) in [6, 6.07) is 13.3. The van der Waals surface area contributed by atoms with Crippen molar-refractivity contribution in [1.82, 2.24) is 5.32 Å². The molecule has 0 unspecified atom stereocenters. The third kappa shape index (κ3) is 4.07. The summed E-state index contributed by atoms with van der Waals surface area (Å²) in [5, 5.41) is 2.98. The summed E-state index contributed by atoms with van der Waals surface area (Å²) in [6.45, 7) is 7.70. The number of hydrogen-bond acceptors (Lipinski definition) is 3. The number of methoxy groups -OCH3 is 1. The molecular formula is C20H25NO3. The van der Waals surface area contributed by atoms with E-state index in [0.717, 1.165) is 28.2 Å². The molecule has 1 N–H and O–H groups in total. The van der Waals surface area contributed by atoms with Crippen molar-refractivity contribution in [3.63, 3.8) is 0 Å². The van der Waals surface area contributed by atoms with Crippen LogP contribution in [0.3, 0.4) is 0 Å². The molecule has 0 aromatic heterocycles. The number of para-hydroxylation sites is 1. The second-order valence-corrected chi connectivity index (χ2v) is 5.93. The maximum absolute atomic E-state index is 12.5. The molecule has 4 heteroatoms. The minimum absolute atomic E-state index is 0.158. The van der Waals surface area contributed by atoms with E-state index in [1.54, 1.807) is 14.0 Å². The fourth-order valence-corrected chi connectivity index (χ4v) is 2.53. The number of rotatable bonds is 6. The Labute approximate surface area is 143 Å². The summed E-state index contributed by atoms with van der Waals surface area (Å²) in [5.74, 6) is 1.34. The predicted molar refractivity (Wildman–Crippen MR) is 95.6 cm³/mol. The molecule has 0 heterocycles. The lowest BCUT2D eigenvalue weighted by atomic mass is 10.1. The number of benzene rings is 2. The molecule has 0 aliphatic carbocycles. The monoisotopic (exact) mass is 327 g/mol. The van der Waals surface area contributed by atoms with E-state index >= 15 is 0 Å². The van der Waals surface area contributed by atoms with Crippen LogP contribution in [0.25, 0.3) is 0 Å². The van der Waals surface area contributed by atoms with E-state index in [2.05, 4.69) is 5.32 Å². The summed E-state index contributed by atoms with van der Waals surface area (Å²) in [4.78, 5) is 12.5. The van der Waals surface area contributed by atoms with Crippen molar-refractivity contribution in [2.24, 2.45) is 0 Å². The third-order valence-electron chi connectivity index (χ3n) is 4.19. The van der Waals surface area contributed by atoms with Crippen molar-refractivity contribution in [1.29, 1.82) is 0 Å². The summed E-state index contributed by atoms with van der Waals surface area (Å²) in [7, 11) is 1.62. The van der Waals surface area contributed by atoms with Gasteiger partial charge in [-0.15, -0.1) is 0 Å².